The molecule has 3 aromatic rings. The predicted octanol–water partition coefficient (Wildman–Crippen LogP) is 6.07. The maximum atomic E-state index is 13.2. The number of hydrogen-bond acceptors (Lipinski definition) is 3. The average molecular weight is 499 g/mol. The van der Waals surface area contributed by atoms with Crippen LogP contribution in [0.25, 0.3) is 11.0 Å². The number of hydrogen-bond donors (Lipinski definition) is 0. The SMILES string of the molecule is Cc1cc(C(F)(F)F)nc2c1cc(Cc1c(Cl)ncc(C(=O)N3CCC(C)CC3)c1Cl)n2C. The highest BCUT2D eigenvalue weighted by Gasteiger charge is 2.33. The number of carbonyl (C=O) groups is 1. The van der Waals surface area contributed by atoms with Gasteiger partial charge in [0.25, 0.3) is 5.91 Å². The van der Waals surface area contributed by atoms with Gasteiger partial charge in [-0.15, -0.1) is 0 Å². The van der Waals surface area contributed by atoms with Crippen molar-refractivity contribution in [1.29, 1.82) is 0 Å². The highest BCUT2D eigenvalue weighted by molar-refractivity contribution is 6.37. The van der Waals surface area contributed by atoms with Gasteiger partial charge in [-0.25, -0.2) is 9.97 Å². The van der Waals surface area contributed by atoms with Gasteiger partial charge in [0.1, 0.15) is 16.5 Å². The fourth-order valence-electron chi connectivity index (χ4n) is 4.19. The molecule has 1 amide bonds. The molecule has 1 saturated heterocycles. The van der Waals surface area contributed by atoms with Crippen LogP contribution in [0.4, 0.5) is 13.2 Å². The summed E-state index contributed by atoms with van der Waals surface area (Å²) < 4.78 is 41.3. The molecular formula is C23H23Cl2F3N4O. The Balaban J connectivity index is 1.71. The summed E-state index contributed by atoms with van der Waals surface area (Å²) in [7, 11) is 1.64. The molecule has 4 heterocycles. The number of amides is 1. The molecule has 0 saturated carbocycles. The van der Waals surface area contributed by atoms with E-state index in [2.05, 4.69) is 16.9 Å². The molecule has 0 atom stereocenters. The Morgan fingerprint density at radius 1 is 1.21 bits per heavy atom. The van der Waals surface area contributed by atoms with Crippen molar-refractivity contribution < 1.29 is 18.0 Å². The Morgan fingerprint density at radius 2 is 1.88 bits per heavy atom. The third-order valence-electron chi connectivity index (χ3n) is 6.31. The molecule has 0 spiro atoms. The van der Waals surface area contributed by atoms with Crippen molar-refractivity contribution >= 4 is 40.1 Å². The van der Waals surface area contributed by atoms with Gasteiger partial charge >= 0.3 is 6.18 Å². The lowest BCUT2D eigenvalue weighted by atomic mass is 9.98. The number of aryl methyl sites for hydroxylation is 2. The monoisotopic (exact) mass is 498 g/mol. The van der Waals surface area contributed by atoms with E-state index in [1.165, 1.54) is 6.20 Å². The predicted molar refractivity (Wildman–Crippen MR) is 122 cm³/mol. The summed E-state index contributed by atoms with van der Waals surface area (Å²) in [5, 5.41) is 0.967. The van der Waals surface area contributed by atoms with E-state index in [1.54, 1.807) is 29.5 Å². The van der Waals surface area contributed by atoms with Crippen LogP contribution in [0.5, 0.6) is 0 Å². The van der Waals surface area contributed by atoms with Crippen LogP contribution >= 0.6 is 23.2 Å². The molecule has 0 bridgehead atoms. The molecule has 176 valence electrons. The van der Waals surface area contributed by atoms with Gasteiger partial charge < -0.3 is 9.47 Å². The molecule has 3 aromatic heterocycles. The topological polar surface area (TPSA) is 51.0 Å². The molecular weight excluding hydrogens is 476 g/mol. The molecule has 4 rings (SSSR count). The van der Waals surface area contributed by atoms with Gasteiger partial charge in [-0.1, -0.05) is 30.1 Å². The molecule has 0 aliphatic carbocycles. The van der Waals surface area contributed by atoms with Crippen LogP contribution in [-0.2, 0) is 19.6 Å². The number of nitrogens with zero attached hydrogens (tertiary/aromatic N) is 4. The zero-order valence-corrected chi connectivity index (χ0v) is 19.9. The molecule has 5 nitrogen and oxygen atoms in total. The van der Waals surface area contributed by atoms with Crippen molar-refractivity contribution in [2.75, 3.05) is 13.1 Å². The fraction of sp³-hybridized carbons (Fsp3) is 0.435. The quantitative estimate of drug-likeness (QED) is 0.412. The van der Waals surface area contributed by atoms with Gasteiger partial charge in [0, 0.05) is 49.4 Å². The first kappa shape index (κ1) is 23.8. The number of pyridine rings is 2. The van der Waals surface area contributed by atoms with Gasteiger partial charge in [-0.3, -0.25) is 4.79 Å². The van der Waals surface area contributed by atoms with E-state index in [4.69, 9.17) is 23.2 Å². The first-order valence-electron chi connectivity index (χ1n) is 10.6. The molecule has 0 N–H and O–H groups in total. The van der Waals surface area contributed by atoms with Crippen molar-refractivity contribution in [2.24, 2.45) is 13.0 Å². The van der Waals surface area contributed by atoms with Crippen LogP contribution in [0, 0.1) is 12.8 Å². The smallest absolute Gasteiger partial charge is 0.339 e. The molecule has 0 radical (unpaired) electrons. The number of likely N-dealkylation sites (tertiary alicyclic amines) is 1. The summed E-state index contributed by atoms with van der Waals surface area (Å²) in [6.07, 6.45) is -1.10. The van der Waals surface area contributed by atoms with E-state index in [0.717, 1.165) is 18.9 Å². The van der Waals surface area contributed by atoms with Gasteiger partial charge in [0.2, 0.25) is 0 Å². The Morgan fingerprint density at radius 3 is 2.52 bits per heavy atom. The van der Waals surface area contributed by atoms with Crippen LogP contribution in [0.1, 0.15) is 52.6 Å². The molecule has 10 heteroatoms. The minimum Gasteiger partial charge on any atom is -0.339 e. The summed E-state index contributed by atoms with van der Waals surface area (Å²) in [5.74, 6) is 0.381. The second kappa shape index (κ2) is 8.80. The zero-order chi connectivity index (χ0) is 24.1. The highest BCUT2D eigenvalue weighted by atomic mass is 35.5. The van der Waals surface area contributed by atoms with Gasteiger partial charge in [0.05, 0.1) is 10.6 Å². The van der Waals surface area contributed by atoms with Gasteiger partial charge in [0.15, 0.2) is 0 Å². The molecule has 33 heavy (non-hydrogen) atoms. The molecule has 0 aromatic carbocycles. The molecule has 1 fully saturated rings. The van der Waals surface area contributed by atoms with E-state index >= 15 is 0 Å². The Kier molecular flexibility index (Phi) is 6.35. The second-order valence-corrected chi connectivity index (χ2v) is 9.40. The lowest BCUT2D eigenvalue weighted by Gasteiger charge is -2.30. The number of piperidine rings is 1. The Hall–Kier alpha value is -2.32. The average Bonchev–Trinajstić information content (AvgIpc) is 3.07. The third-order valence-corrected chi connectivity index (χ3v) is 7.07. The van der Waals surface area contributed by atoms with E-state index in [1.807, 2.05) is 0 Å². The highest BCUT2D eigenvalue weighted by Crippen LogP contribution is 2.34. The summed E-state index contributed by atoms with van der Waals surface area (Å²) in [5.41, 5.74) is 1.12. The standard InChI is InChI=1S/C23H23Cl2F3N4O/c1-12-4-6-32(7-5-12)22(33)17-11-29-20(25)16(19(17)24)10-14-9-15-13(2)8-18(23(26,27)28)30-21(15)31(14)3/h8-9,11-12H,4-7,10H2,1-3H3. The summed E-state index contributed by atoms with van der Waals surface area (Å²) in [6, 6.07) is 2.80. The van der Waals surface area contributed by atoms with Crippen molar-refractivity contribution in [3.8, 4) is 0 Å². The second-order valence-electron chi connectivity index (χ2n) is 8.66. The van der Waals surface area contributed by atoms with Crippen molar-refractivity contribution in [2.45, 2.75) is 39.3 Å². The van der Waals surface area contributed by atoms with Crippen molar-refractivity contribution in [3.05, 3.63) is 56.6 Å². The number of halogens is 5. The minimum absolute atomic E-state index is 0.148. The Labute approximate surface area is 199 Å². The lowest BCUT2D eigenvalue weighted by molar-refractivity contribution is -0.141. The molecule has 1 aliphatic heterocycles. The normalized spacial score (nSPS) is 15.5. The maximum Gasteiger partial charge on any atom is 0.433 e. The van der Waals surface area contributed by atoms with Crippen LogP contribution in [0.15, 0.2) is 18.3 Å². The van der Waals surface area contributed by atoms with E-state index < -0.39 is 11.9 Å². The van der Waals surface area contributed by atoms with Crippen LogP contribution in [0.3, 0.4) is 0 Å². The van der Waals surface area contributed by atoms with Crippen molar-refractivity contribution in [1.82, 2.24) is 19.4 Å². The first-order chi connectivity index (χ1) is 15.5. The first-order valence-corrected chi connectivity index (χ1v) is 11.4. The van der Waals surface area contributed by atoms with Crippen molar-refractivity contribution in [3.63, 3.8) is 0 Å². The number of carbonyl (C=O) groups excluding carboxylic acids is 1. The summed E-state index contributed by atoms with van der Waals surface area (Å²) in [4.78, 5) is 22.8. The minimum atomic E-state index is -4.54. The lowest BCUT2D eigenvalue weighted by Crippen LogP contribution is -2.38. The van der Waals surface area contributed by atoms with Crippen LogP contribution in [-0.4, -0.2) is 38.4 Å². The number of rotatable bonds is 3. The zero-order valence-electron chi connectivity index (χ0n) is 18.4. The van der Waals surface area contributed by atoms with E-state index in [9.17, 15) is 18.0 Å². The molecule has 0 unspecified atom stereocenters. The summed E-state index contributed by atoms with van der Waals surface area (Å²) in [6.45, 7) is 5.09. The Bertz CT molecular complexity index is 1230. The third kappa shape index (κ3) is 4.55. The van der Waals surface area contributed by atoms with Gasteiger partial charge in [-0.2, -0.15) is 13.2 Å². The van der Waals surface area contributed by atoms with E-state index in [-0.39, 0.29) is 33.7 Å². The largest absolute Gasteiger partial charge is 0.433 e. The summed E-state index contributed by atoms with van der Waals surface area (Å²) >= 11 is 13.0. The van der Waals surface area contributed by atoms with Gasteiger partial charge in [-0.05, 0) is 43.4 Å². The number of alkyl halides is 3. The number of fused-ring (bicyclic) bond motifs is 1. The maximum absolute atomic E-state index is 13.2. The van der Waals surface area contributed by atoms with E-state index in [0.29, 0.717) is 41.2 Å². The fourth-order valence-corrected chi connectivity index (χ4v) is 4.73. The number of aromatic nitrogens is 3. The van der Waals surface area contributed by atoms with Crippen LogP contribution < -0.4 is 0 Å². The van der Waals surface area contributed by atoms with Crippen LogP contribution in [0.2, 0.25) is 10.2 Å². The molecule has 1 aliphatic rings.